The third-order valence-electron chi connectivity index (χ3n) is 3.28. The zero-order chi connectivity index (χ0) is 16.9. The van der Waals surface area contributed by atoms with Gasteiger partial charge in [0.15, 0.2) is 12.2 Å². The number of halogens is 1. The number of esters is 1. The van der Waals surface area contributed by atoms with Crippen LogP contribution in [0.15, 0.2) is 53.1 Å². The molecule has 1 amide bonds. The predicted octanol–water partition coefficient (Wildman–Crippen LogP) is 3.21. The summed E-state index contributed by atoms with van der Waals surface area (Å²) in [6.45, 7) is -0.403. The summed E-state index contributed by atoms with van der Waals surface area (Å²) < 4.78 is 10.1. The molecular weight excluding hydrogens is 332 g/mol. The van der Waals surface area contributed by atoms with Gasteiger partial charge in [0.25, 0.3) is 5.91 Å². The first-order valence-electron chi connectivity index (χ1n) is 7.17. The number of aromatic nitrogens is 1. The molecule has 24 heavy (non-hydrogen) atoms. The minimum absolute atomic E-state index is 0.0730. The molecule has 0 bridgehead atoms. The number of hydrogen-bond acceptors (Lipinski definition) is 5. The van der Waals surface area contributed by atoms with Crippen molar-refractivity contribution in [3.05, 3.63) is 59.2 Å². The Labute approximate surface area is 142 Å². The highest BCUT2D eigenvalue weighted by Crippen LogP contribution is 2.20. The number of ether oxygens (including phenoxy) is 1. The van der Waals surface area contributed by atoms with Crippen molar-refractivity contribution < 1.29 is 18.8 Å². The summed E-state index contributed by atoms with van der Waals surface area (Å²) in [5.41, 5.74) is 1.53. The minimum atomic E-state index is -0.566. The first-order valence-corrected chi connectivity index (χ1v) is 7.54. The molecule has 1 aromatic heterocycles. The fourth-order valence-corrected chi connectivity index (χ4v) is 2.33. The molecule has 0 radical (unpaired) electrons. The van der Waals surface area contributed by atoms with E-state index >= 15 is 0 Å². The number of rotatable bonds is 5. The number of nitrogens with zero attached hydrogens (tertiary/aromatic N) is 1. The molecule has 7 heteroatoms. The third kappa shape index (κ3) is 3.72. The van der Waals surface area contributed by atoms with Gasteiger partial charge in [0.05, 0.1) is 17.1 Å². The fourth-order valence-electron chi connectivity index (χ4n) is 2.15. The van der Waals surface area contributed by atoms with E-state index in [4.69, 9.17) is 20.9 Å². The Morgan fingerprint density at radius 3 is 2.71 bits per heavy atom. The molecule has 0 aliphatic heterocycles. The molecule has 0 saturated carbocycles. The summed E-state index contributed by atoms with van der Waals surface area (Å²) in [5, 5.41) is 7.57. The minimum Gasteiger partial charge on any atom is -0.455 e. The van der Waals surface area contributed by atoms with E-state index in [2.05, 4.69) is 10.5 Å². The Kier molecular flexibility index (Phi) is 4.77. The van der Waals surface area contributed by atoms with Crippen LogP contribution in [0, 0.1) is 0 Å². The lowest BCUT2D eigenvalue weighted by Gasteiger charge is -2.07. The van der Waals surface area contributed by atoms with Crippen molar-refractivity contribution in [2.45, 2.75) is 6.42 Å². The van der Waals surface area contributed by atoms with Crippen molar-refractivity contribution in [3.8, 4) is 0 Å². The molecule has 2 aromatic carbocycles. The monoisotopic (exact) mass is 344 g/mol. The van der Waals surface area contributed by atoms with E-state index in [0.29, 0.717) is 22.0 Å². The average molecular weight is 345 g/mol. The van der Waals surface area contributed by atoms with Gasteiger partial charge in [-0.3, -0.25) is 9.59 Å². The molecule has 1 N–H and O–H groups in total. The van der Waals surface area contributed by atoms with Gasteiger partial charge >= 0.3 is 5.97 Å². The van der Waals surface area contributed by atoms with E-state index in [1.54, 1.807) is 36.4 Å². The fraction of sp³-hybridized carbons (Fsp3) is 0.118. The average Bonchev–Trinajstić information content (AvgIpc) is 2.98. The quantitative estimate of drug-likeness (QED) is 0.719. The lowest BCUT2D eigenvalue weighted by atomic mass is 10.2. The zero-order valence-corrected chi connectivity index (χ0v) is 13.2. The zero-order valence-electron chi connectivity index (χ0n) is 12.5. The molecule has 0 atom stereocenters. The lowest BCUT2D eigenvalue weighted by Crippen LogP contribution is -2.21. The van der Waals surface area contributed by atoms with Crippen molar-refractivity contribution in [1.29, 1.82) is 0 Å². The number of anilines is 1. The second-order valence-electron chi connectivity index (χ2n) is 4.99. The Morgan fingerprint density at radius 2 is 1.88 bits per heavy atom. The van der Waals surface area contributed by atoms with Crippen LogP contribution < -0.4 is 5.32 Å². The maximum Gasteiger partial charge on any atom is 0.312 e. The van der Waals surface area contributed by atoms with Crippen LogP contribution in [0.2, 0.25) is 5.02 Å². The van der Waals surface area contributed by atoms with E-state index in [1.165, 1.54) is 0 Å². The van der Waals surface area contributed by atoms with Crippen molar-refractivity contribution in [2.24, 2.45) is 0 Å². The standard InChI is InChI=1S/C17H13ClN2O4/c18-12-6-2-3-7-13(12)19-16(21)10-23-17(22)9-14-11-5-1-4-8-15(11)24-20-14/h1-8H,9-10H2,(H,19,21). The summed E-state index contributed by atoms with van der Waals surface area (Å²) in [7, 11) is 0. The van der Waals surface area contributed by atoms with Crippen LogP contribution in [0.25, 0.3) is 11.0 Å². The van der Waals surface area contributed by atoms with Crippen LogP contribution in [0.5, 0.6) is 0 Å². The smallest absolute Gasteiger partial charge is 0.312 e. The molecular formula is C17H13ClN2O4. The van der Waals surface area contributed by atoms with Crippen LogP contribution in [0.1, 0.15) is 5.69 Å². The third-order valence-corrected chi connectivity index (χ3v) is 3.61. The Bertz CT molecular complexity index is 891. The van der Waals surface area contributed by atoms with Crippen LogP contribution in [0.4, 0.5) is 5.69 Å². The summed E-state index contributed by atoms with van der Waals surface area (Å²) in [5.74, 6) is -1.04. The number of para-hydroxylation sites is 2. The van der Waals surface area contributed by atoms with E-state index in [-0.39, 0.29) is 6.42 Å². The lowest BCUT2D eigenvalue weighted by molar-refractivity contribution is -0.146. The van der Waals surface area contributed by atoms with Gasteiger partial charge in [-0.15, -0.1) is 0 Å². The Hall–Kier alpha value is -2.86. The number of amides is 1. The Morgan fingerprint density at radius 1 is 1.12 bits per heavy atom. The van der Waals surface area contributed by atoms with Gasteiger partial charge in [-0.05, 0) is 24.3 Å². The van der Waals surface area contributed by atoms with Gasteiger partial charge in [0, 0.05) is 5.39 Å². The summed E-state index contributed by atoms with van der Waals surface area (Å²) in [6.07, 6.45) is -0.0730. The first-order chi connectivity index (χ1) is 11.6. The number of carbonyl (C=O) groups excluding carboxylic acids is 2. The number of benzene rings is 2. The SMILES string of the molecule is O=C(COC(=O)Cc1noc2ccccc12)Nc1ccccc1Cl. The molecule has 3 aromatic rings. The van der Waals surface area contributed by atoms with E-state index in [0.717, 1.165) is 5.39 Å². The van der Waals surface area contributed by atoms with Gasteiger partial charge in [0.2, 0.25) is 0 Å². The maximum atomic E-state index is 11.9. The normalized spacial score (nSPS) is 10.5. The van der Waals surface area contributed by atoms with E-state index < -0.39 is 18.5 Å². The number of carbonyl (C=O) groups is 2. The number of hydrogen-bond donors (Lipinski definition) is 1. The topological polar surface area (TPSA) is 81.4 Å². The van der Waals surface area contributed by atoms with Crippen molar-refractivity contribution >= 4 is 40.1 Å². The molecule has 0 aliphatic rings. The predicted molar refractivity (Wildman–Crippen MR) is 88.8 cm³/mol. The molecule has 0 aliphatic carbocycles. The van der Waals surface area contributed by atoms with E-state index in [1.807, 2.05) is 12.1 Å². The molecule has 122 valence electrons. The van der Waals surface area contributed by atoms with Gasteiger partial charge in [0.1, 0.15) is 5.69 Å². The van der Waals surface area contributed by atoms with Crippen molar-refractivity contribution in [1.82, 2.24) is 5.16 Å². The summed E-state index contributed by atoms with van der Waals surface area (Å²) >= 11 is 5.94. The second-order valence-corrected chi connectivity index (χ2v) is 5.40. The molecule has 0 unspecified atom stereocenters. The molecule has 0 fully saturated rings. The molecule has 0 spiro atoms. The summed E-state index contributed by atoms with van der Waals surface area (Å²) in [4.78, 5) is 23.7. The second kappa shape index (κ2) is 7.14. The van der Waals surface area contributed by atoms with Crippen molar-refractivity contribution in [3.63, 3.8) is 0 Å². The molecule has 0 saturated heterocycles. The number of fused-ring (bicyclic) bond motifs is 1. The maximum absolute atomic E-state index is 11.9. The highest BCUT2D eigenvalue weighted by Gasteiger charge is 2.14. The van der Waals surface area contributed by atoms with Gasteiger partial charge in [-0.1, -0.05) is 41.0 Å². The molecule has 3 rings (SSSR count). The van der Waals surface area contributed by atoms with Gasteiger partial charge < -0.3 is 14.6 Å². The van der Waals surface area contributed by atoms with Crippen molar-refractivity contribution in [2.75, 3.05) is 11.9 Å². The largest absolute Gasteiger partial charge is 0.455 e. The van der Waals surface area contributed by atoms with Crippen LogP contribution in [-0.2, 0) is 20.7 Å². The van der Waals surface area contributed by atoms with Crippen LogP contribution in [-0.4, -0.2) is 23.6 Å². The summed E-state index contributed by atoms with van der Waals surface area (Å²) in [6, 6.07) is 14.0. The van der Waals surface area contributed by atoms with Crippen LogP contribution >= 0.6 is 11.6 Å². The highest BCUT2D eigenvalue weighted by molar-refractivity contribution is 6.33. The van der Waals surface area contributed by atoms with Crippen LogP contribution in [0.3, 0.4) is 0 Å². The van der Waals surface area contributed by atoms with E-state index in [9.17, 15) is 9.59 Å². The first kappa shape index (κ1) is 16.0. The van der Waals surface area contributed by atoms with Gasteiger partial charge in [-0.25, -0.2) is 0 Å². The Balaban J connectivity index is 1.54. The van der Waals surface area contributed by atoms with Gasteiger partial charge in [-0.2, -0.15) is 0 Å². The molecule has 6 nitrogen and oxygen atoms in total. The molecule has 1 heterocycles. The number of nitrogens with one attached hydrogen (secondary N) is 1. The highest BCUT2D eigenvalue weighted by atomic mass is 35.5.